The first-order valence-corrected chi connectivity index (χ1v) is 13.0. The van der Waals surface area contributed by atoms with Crippen LogP contribution in [0.3, 0.4) is 0 Å². The van der Waals surface area contributed by atoms with Gasteiger partial charge in [-0.15, -0.1) is 0 Å². The molecule has 0 aromatic heterocycles. The van der Waals surface area contributed by atoms with Crippen molar-refractivity contribution in [2.45, 2.75) is 20.8 Å². The fourth-order valence-corrected chi connectivity index (χ4v) is 4.48. The smallest absolute Gasteiger partial charge is 0.335 e. The molecule has 0 atom stereocenters. The van der Waals surface area contributed by atoms with Gasteiger partial charge in [0.1, 0.15) is 11.4 Å². The Balaban J connectivity index is 1.59. The molecule has 0 saturated carbocycles. The molecule has 4 rings (SSSR count). The number of nitrogens with one attached hydrogen (secondary N) is 2. The van der Waals surface area contributed by atoms with Crippen molar-refractivity contribution >= 4 is 57.1 Å². The molecule has 206 valence electrons. The van der Waals surface area contributed by atoms with Crippen molar-refractivity contribution in [3.05, 3.63) is 87.2 Å². The molecule has 1 aliphatic heterocycles. The number of imide groups is 2. The van der Waals surface area contributed by atoms with Crippen LogP contribution in [0.15, 0.2) is 64.6 Å². The Labute approximate surface area is 238 Å². The minimum atomic E-state index is -0.839. The topological polar surface area (TPSA) is 114 Å². The van der Waals surface area contributed by atoms with Crippen LogP contribution in [0, 0.1) is 19.7 Å². The monoisotopic (exact) mass is 609 g/mol. The summed E-state index contributed by atoms with van der Waals surface area (Å²) in [6.45, 7) is 5.35. The van der Waals surface area contributed by atoms with Gasteiger partial charge >= 0.3 is 6.03 Å². The van der Waals surface area contributed by atoms with Gasteiger partial charge in [-0.05, 0) is 92.1 Å². The summed E-state index contributed by atoms with van der Waals surface area (Å²) in [5, 5.41) is 4.82. The Hall–Kier alpha value is -4.51. The molecule has 9 nitrogen and oxygen atoms in total. The van der Waals surface area contributed by atoms with E-state index in [9.17, 15) is 23.6 Å². The van der Waals surface area contributed by atoms with Crippen molar-refractivity contribution in [2.24, 2.45) is 0 Å². The Morgan fingerprint density at radius 3 is 2.30 bits per heavy atom. The highest BCUT2D eigenvalue weighted by Gasteiger charge is 2.37. The molecule has 40 heavy (non-hydrogen) atoms. The predicted molar refractivity (Wildman–Crippen MR) is 151 cm³/mol. The lowest BCUT2D eigenvalue weighted by atomic mass is 10.0. The average Bonchev–Trinajstić information content (AvgIpc) is 2.88. The summed E-state index contributed by atoms with van der Waals surface area (Å²) in [4.78, 5) is 51.9. The number of halogens is 2. The highest BCUT2D eigenvalue weighted by molar-refractivity contribution is 9.10. The minimum absolute atomic E-state index is 0.233. The van der Waals surface area contributed by atoms with Crippen molar-refractivity contribution in [1.82, 2.24) is 5.32 Å². The normalized spacial score (nSPS) is 14.3. The number of hydrogen-bond donors (Lipinski definition) is 2. The molecule has 2 N–H and O–H groups in total. The summed E-state index contributed by atoms with van der Waals surface area (Å²) < 4.78 is 24.9. The number of carbonyl (C=O) groups excluding carboxylic acids is 4. The van der Waals surface area contributed by atoms with Crippen molar-refractivity contribution in [1.29, 1.82) is 0 Å². The van der Waals surface area contributed by atoms with E-state index in [1.165, 1.54) is 30.3 Å². The lowest BCUT2D eigenvalue weighted by molar-refractivity contribution is -0.122. The van der Waals surface area contributed by atoms with Gasteiger partial charge in [-0.3, -0.25) is 19.7 Å². The Kier molecular flexibility index (Phi) is 8.64. The number of nitrogens with zero attached hydrogens (tertiary/aromatic N) is 1. The Morgan fingerprint density at radius 1 is 1.00 bits per heavy atom. The number of amides is 5. The lowest BCUT2D eigenvalue weighted by Crippen LogP contribution is -2.54. The molecule has 0 spiro atoms. The summed E-state index contributed by atoms with van der Waals surface area (Å²) >= 11 is 3.42. The maximum atomic E-state index is 13.3. The van der Waals surface area contributed by atoms with Crippen molar-refractivity contribution in [2.75, 3.05) is 23.4 Å². The first-order valence-electron chi connectivity index (χ1n) is 12.2. The largest absolute Gasteiger partial charge is 0.490 e. The van der Waals surface area contributed by atoms with Crippen LogP contribution in [0.2, 0.25) is 0 Å². The molecule has 3 aromatic carbocycles. The van der Waals surface area contributed by atoms with E-state index in [4.69, 9.17) is 9.47 Å². The predicted octanol–water partition coefficient (Wildman–Crippen LogP) is 5.29. The van der Waals surface area contributed by atoms with E-state index >= 15 is 0 Å². The zero-order chi connectivity index (χ0) is 29.0. The molecule has 0 unspecified atom stereocenters. The van der Waals surface area contributed by atoms with Gasteiger partial charge in [-0.2, -0.15) is 0 Å². The Bertz CT molecular complexity index is 1520. The standard InChI is InChI=1S/C29H25BrFN3O6/c1-4-39-24-13-18(23(30)14-25(24)40-15-26(35)32-20-7-5-19(31)6-8-20)12-22-27(36)33-29(38)34(28(22)37)21-10-16(2)9-17(3)11-21/h5-14H,4,15H2,1-3H3,(H,32,35)(H,33,36,38)/b22-12+. The summed E-state index contributed by atoms with van der Waals surface area (Å²) in [6.07, 6.45) is 1.34. The molecular weight excluding hydrogens is 585 g/mol. The van der Waals surface area contributed by atoms with Gasteiger partial charge < -0.3 is 14.8 Å². The van der Waals surface area contributed by atoms with E-state index in [1.54, 1.807) is 31.2 Å². The van der Waals surface area contributed by atoms with E-state index < -0.39 is 29.6 Å². The van der Waals surface area contributed by atoms with E-state index in [1.807, 2.05) is 19.9 Å². The molecule has 0 bridgehead atoms. The second-order valence-corrected chi connectivity index (χ2v) is 9.76. The fraction of sp³-hybridized carbons (Fsp3) is 0.172. The van der Waals surface area contributed by atoms with Crippen molar-refractivity contribution < 1.29 is 33.0 Å². The number of anilines is 2. The van der Waals surface area contributed by atoms with E-state index in [0.717, 1.165) is 16.0 Å². The van der Waals surface area contributed by atoms with Gasteiger partial charge in [0.05, 0.1) is 12.3 Å². The number of benzene rings is 3. The maximum absolute atomic E-state index is 13.3. The number of carbonyl (C=O) groups is 4. The number of urea groups is 1. The highest BCUT2D eigenvalue weighted by atomic mass is 79.9. The molecule has 1 heterocycles. The zero-order valence-electron chi connectivity index (χ0n) is 21.8. The van der Waals surface area contributed by atoms with Gasteiger partial charge in [0.2, 0.25) is 0 Å². The maximum Gasteiger partial charge on any atom is 0.335 e. The van der Waals surface area contributed by atoms with Crippen LogP contribution >= 0.6 is 15.9 Å². The molecule has 0 aliphatic carbocycles. The molecule has 1 fully saturated rings. The summed E-state index contributed by atoms with van der Waals surface area (Å²) in [7, 11) is 0. The molecule has 0 radical (unpaired) electrons. The van der Waals surface area contributed by atoms with Crippen LogP contribution in [0.4, 0.5) is 20.6 Å². The van der Waals surface area contributed by atoms with Crippen LogP contribution in [0.1, 0.15) is 23.6 Å². The molecule has 3 aromatic rings. The summed E-state index contributed by atoms with van der Waals surface area (Å²) in [6, 6.07) is 12.8. The summed E-state index contributed by atoms with van der Waals surface area (Å²) in [5.74, 6) is -2.02. The first kappa shape index (κ1) is 28.5. The highest BCUT2D eigenvalue weighted by Crippen LogP contribution is 2.35. The molecule has 5 amide bonds. The molecule has 1 saturated heterocycles. The van der Waals surface area contributed by atoms with Gasteiger partial charge in [-0.1, -0.05) is 22.0 Å². The third-order valence-electron chi connectivity index (χ3n) is 5.72. The minimum Gasteiger partial charge on any atom is -0.490 e. The number of rotatable bonds is 8. The fourth-order valence-electron chi connectivity index (χ4n) is 4.04. The number of aryl methyl sites for hydroxylation is 2. The van der Waals surface area contributed by atoms with E-state index in [-0.39, 0.29) is 30.3 Å². The van der Waals surface area contributed by atoms with Crippen LogP contribution < -0.4 is 25.0 Å². The van der Waals surface area contributed by atoms with Crippen molar-refractivity contribution in [3.63, 3.8) is 0 Å². The molecule has 11 heteroatoms. The van der Waals surface area contributed by atoms with Gasteiger partial charge in [0, 0.05) is 10.2 Å². The average molecular weight is 610 g/mol. The molecular formula is C29H25BrFN3O6. The molecule has 1 aliphatic rings. The van der Waals surface area contributed by atoms with E-state index in [0.29, 0.717) is 21.4 Å². The lowest BCUT2D eigenvalue weighted by Gasteiger charge is -2.27. The van der Waals surface area contributed by atoms with Gasteiger partial charge in [0.15, 0.2) is 18.1 Å². The third kappa shape index (κ3) is 6.55. The first-order chi connectivity index (χ1) is 19.0. The Morgan fingerprint density at radius 2 is 1.65 bits per heavy atom. The van der Waals surface area contributed by atoms with Crippen LogP contribution in [0.25, 0.3) is 6.08 Å². The second-order valence-electron chi connectivity index (χ2n) is 8.90. The quantitative estimate of drug-likeness (QED) is 0.265. The number of ether oxygens (including phenoxy) is 2. The number of barbiturate groups is 1. The zero-order valence-corrected chi connectivity index (χ0v) is 23.4. The van der Waals surface area contributed by atoms with Crippen molar-refractivity contribution in [3.8, 4) is 11.5 Å². The van der Waals surface area contributed by atoms with Gasteiger partial charge in [0.25, 0.3) is 17.7 Å². The second kappa shape index (κ2) is 12.1. The van der Waals surface area contributed by atoms with Crippen LogP contribution in [-0.4, -0.2) is 37.0 Å². The van der Waals surface area contributed by atoms with Crippen LogP contribution in [0.5, 0.6) is 11.5 Å². The number of hydrogen-bond acceptors (Lipinski definition) is 6. The van der Waals surface area contributed by atoms with E-state index in [2.05, 4.69) is 26.6 Å². The van der Waals surface area contributed by atoms with Crippen LogP contribution in [-0.2, 0) is 14.4 Å². The summed E-state index contributed by atoms with van der Waals surface area (Å²) in [5.41, 5.74) is 2.60. The SMILES string of the molecule is CCOc1cc(/C=C2\C(=O)NC(=O)N(c3cc(C)cc(C)c3)C2=O)c(Br)cc1OCC(=O)Nc1ccc(F)cc1. The van der Waals surface area contributed by atoms with Gasteiger partial charge in [-0.25, -0.2) is 14.1 Å². The third-order valence-corrected chi connectivity index (χ3v) is 6.40.